The molecule has 0 bridgehead atoms. The molecule has 1 aliphatic carbocycles. The Morgan fingerprint density at radius 2 is 2.39 bits per heavy atom. The molecule has 0 saturated heterocycles. The Labute approximate surface area is 110 Å². The number of carbonyl (C=O) groups is 1. The standard InChI is InChI=1S/C13H16N2O2S/c1-8(16)5-6-12(17)15-13-10(7-14)9-3-2-4-11(9)18-13/h8,16H,2-6H2,1H3,(H,15,17). The molecule has 0 saturated carbocycles. The molecule has 0 radical (unpaired) electrons. The van der Waals surface area contributed by atoms with E-state index in [0.717, 1.165) is 24.8 Å². The van der Waals surface area contributed by atoms with Gasteiger partial charge in [-0.15, -0.1) is 11.3 Å². The molecule has 1 unspecified atom stereocenters. The fraction of sp³-hybridized carbons (Fsp3) is 0.538. The third kappa shape index (κ3) is 2.71. The van der Waals surface area contributed by atoms with Crippen LogP contribution in [0.1, 0.15) is 42.2 Å². The van der Waals surface area contributed by atoms with Crippen molar-refractivity contribution in [1.29, 1.82) is 5.26 Å². The van der Waals surface area contributed by atoms with E-state index in [9.17, 15) is 4.79 Å². The van der Waals surface area contributed by atoms with Crippen LogP contribution >= 0.6 is 11.3 Å². The number of hydrogen-bond donors (Lipinski definition) is 2. The van der Waals surface area contributed by atoms with Crippen LogP contribution in [0.15, 0.2) is 0 Å². The van der Waals surface area contributed by atoms with Crippen molar-refractivity contribution in [2.75, 3.05) is 5.32 Å². The monoisotopic (exact) mass is 264 g/mol. The molecular formula is C13H16N2O2S. The molecule has 1 aliphatic rings. The first-order valence-corrected chi connectivity index (χ1v) is 6.96. The molecule has 1 amide bonds. The molecule has 2 N–H and O–H groups in total. The van der Waals surface area contributed by atoms with Crippen LogP contribution in [0.2, 0.25) is 0 Å². The zero-order valence-corrected chi connectivity index (χ0v) is 11.1. The second-order valence-corrected chi connectivity index (χ2v) is 5.71. The lowest BCUT2D eigenvalue weighted by Crippen LogP contribution is -2.14. The molecule has 96 valence electrons. The summed E-state index contributed by atoms with van der Waals surface area (Å²) in [5.41, 5.74) is 1.76. The predicted octanol–water partition coefficient (Wildman–Crippen LogP) is 2.21. The summed E-state index contributed by atoms with van der Waals surface area (Å²) >= 11 is 1.52. The summed E-state index contributed by atoms with van der Waals surface area (Å²) in [6.07, 6.45) is 3.31. The number of carbonyl (C=O) groups excluding carboxylic acids is 1. The number of rotatable bonds is 4. The van der Waals surface area contributed by atoms with Crippen LogP contribution in [0.25, 0.3) is 0 Å². The van der Waals surface area contributed by atoms with Crippen molar-refractivity contribution >= 4 is 22.2 Å². The number of thiophene rings is 1. The number of aliphatic hydroxyl groups excluding tert-OH is 1. The van der Waals surface area contributed by atoms with Gasteiger partial charge >= 0.3 is 0 Å². The Balaban J connectivity index is 2.06. The highest BCUT2D eigenvalue weighted by Crippen LogP contribution is 2.38. The highest BCUT2D eigenvalue weighted by atomic mass is 32.1. The average molecular weight is 264 g/mol. The maximum Gasteiger partial charge on any atom is 0.225 e. The zero-order chi connectivity index (χ0) is 13.1. The summed E-state index contributed by atoms with van der Waals surface area (Å²) in [4.78, 5) is 12.9. The van der Waals surface area contributed by atoms with Crippen LogP contribution in [0.3, 0.4) is 0 Å². The van der Waals surface area contributed by atoms with E-state index in [2.05, 4.69) is 11.4 Å². The molecular weight excluding hydrogens is 248 g/mol. The van der Waals surface area contributed by atoms with E-state index >= 15 is 0 Å². The number of aliphatic hydroxyl groups is 1. The molecule has 1 atom stereocenters. The Kier molecular flexibility index (Phi) is 4.00. The van der Waals surface area contributed by atoms with E-state index in [1.807, 2.05) is 0 Å². The normalized spacial score (nSPS) is 14.9. The molecule has 4 nitrogen and oxygen atoms in total. The number of nitrogens with one attached hydrogen (secondary N) is 1. The van der Waals surface area contributed by atoms with Crippen LogP contribution in [-0.2, 0) is 17.6 Å². The van der Waals surface area contributed by atoms with Gasteiger partial charge in [0.1, 0.15) is 11.1 Å². The maximum absolute atomic E-state index is 11.7. The average Bonchev–Trinajstić information content (AvgIpc) is 2.86. The topological polar surface area (TPSA) is 73.1 Å². The lowest BCUT2D eigenvalue weighted by atomic mass is 10.1. The third-order valence-electron chi connectivity index (χ3n) is 3.08. The van der Waals surface area contributed by atoms with Crippen LogP contribution in [0, 0.1) is 11.3 Å². The summed E-state index contributed by atoms with van der Waals surface area (Å²) < 4.78 is 0. The number of amides is 1. The fourth-order valence-electron chi connectivity index (χ4n) is 2.14. The molecule has 18 heavy (non-hydrogen) atoms. The van der Waals surface area contributed by atoms with Crippen molar-refractivity contribution in [2.24, 2.45) is 0 Å². The van der Waals surface area contributed by atoms with Crippen molar-refractivity contribution in [2.45, 2.75) is 45.1 Å². The Hall–Kier alpha value is -1.38. The van der Waals surface area contributed by atoms with Gasteiger partial charge in [0.05, 0.1) is 11.7 Å². The molecule has 5 heteroatoms. The van der Waals surface area contributed by atoms with Gasteiger partial charge in [-0.3, -0.25) is 4.79 Å². The first kappa shape index (κ1) is 13.1. The highest BCUT2D eigenvalue weighted by molar-refractivity contribution is 7.16. The van der Waals surface area contributed by atoms with Gasteiger partial charge in [-0.25, -0.2) is 0 Å². The summed E-state index contributed by atoms with van der Waals surface area (Å²) in [6, 6.07) is 2.19. The molecule has 0 aliphatic heterocycles. The van der Waals surface area contributed by atoms with Crippen LogP contribution < -0.4 is 5.32 Å². The maximum atomic E-state index is 11.7. The number of nitriles is 1. The van der Waals surface area contributed by atoms with Crippen molar-refractivity contribution in [3.63, 3.8) is 0 Å². The van der Waals surface area contributed by atoms with Gasteiger partial charge in [0, 0.05) is 11.3 Å². The van der Waals surface area contributed by atoms with Crippen molar-refractivity contribution in [1.82, 2.24) is 0 Å². The van der Waals surface area contributed by atoms with Crippen molar-refractivity contribution < 1.29 is 9.90 Å². The molecule has 2 rings (SSSR count). The number of aryl methyl sites for hydroxylation is 1. The Morgan fingerprint density at radius 3 is 3.06 bits per heavy atom. The second-order valence-electron chi connectivity index (χ2n) is 4.61. The minimum atomic E-state index is -0.473. The fourth-order valence-corrected chi connectivity index (χ4v) is 3.40. The SMILES string of the molecule is CC(O)CCC(=O)Nc1sc2c(c1C#N)CCC2. The van der Waals surface area contributed by atoms with E-state index in [4.69, 9.17) is 10.4 Å². The van der Waals surface area contributed by atoms with Crippen LogP contribution in [0.5, 0.6) is 0 Å². The van der Waals surface area contributed by atoms with Gasteiger partial charge in [0.25, 0.3) is 0 Å². The minimum absolute atomic E-state index is 0.132. The van der Waals surface area contributed by atoms with Crippen molar-refractivity contribution in [3.05, 3.63) is 16.0 Å². The van der Waals surface area contributed by atoms with E-state index < -0.39 is 6.10 Å². The highest BCUT2D eigenvalue weighted by Gasteiger charge is 2.22. The van der Waals surface area contributed by atoms with Gasteiger partial charge in [-0.05, 0) is 38.2 Å². The smallest absolute Gasteiger partial charge is 0.225 e. The lowest BCUT2D eigenvalue weighted by molar-refractivity contribution is -0.116. The van der Waals surface area contributed by atoms with Gasteiger partial charge in [0.15, 0.2) is 0 Å². The van der Waals surface area contributed by atoms with Crippen molar-refractivity contribution in [3.8, 4) is 6.07 Å². The third-order valence-corrected chi connectivity index (χ3v) is 4.28. The van der Waals surface area contributed by atoms with Gasteiger partial charge in [0.2, 0.25) is 5.91 Å². The van der Waals surface area contributed by atoms with E-state index in [1.165, 1.54) is 16.2 Å². The summed E-state index contributed by atoms with van der Waals surface area (Å²) in [7, 11) is 0. The molecule has 0 aromatic carbocycles. The zero-order valence-electron chi connectivity index (χ0n) is 10.3. The summed E-state index contributed by atoms with van der Waals surface area (Å²) in [6.45, 7) is 1.66. The second kappa shape index (κ2) is 5.51. The number of fused-ring (bicyclic) bond motifs is 1. The molecule has 0 spiro atoms. The lowest BCUT2D eigenvalue weighted by Gasteiger charge is -2.05. The Morgan fingerprint density at radius 1 is 1.61 bits per heavy atom. The largest absolute Gasteiger partial charge is 0.393 e. The first-order valence-electron chi connectivity index (χ1n) is 6.14. The first-order chi connectivity index (χ1) is 8.61. The quantitative estimate of drug-likeness (QED) is 0.875. The van der Waals surface area contributed by atoms with E-state index in [1.54, 1.807) is 6.92 Å². The Bertz CT molecular complexity index is 500. The van der Waals surface area contributed by atoms with Crippen LogP contribution in [-0.4, -0.2) is 17.1 Å². The molecule has 0 fully saturated rings. The van der Waals surface area contributed by atoms with Gasteiger partial charge < -0.3 is 10.4 Å². The predicted molar refractivity (Wildman–Crippen MR) is 70.6 cm³/mol. The number of hydrogen-bond acceptors (Lipinski definition) is 4. The van der Waals surface area contributed by atoms with Gasteiger partial charge in [-0.2, -0.15) is 5.26 Å². The van der Waals surface area contributed by atoms with E-state index in [0.29, 0.717) is 17.0 Å². The van der Waals surface area contributed by atoms with Gasteiger partial charge in [-0.1, -0.05) is 0 Å². The minimum Gasteiger partial charge on any atom is -0.393 e. The summed E-state index contributed by atoms with van der Waals surface area (Å²) in [5, 5.41) is 21.8. The van der Waals surface area contributed by atoms with Crippen LogP contribution in [0.4, 0.5) is 5.00 Å². The number of anilines is 1. The molecule has 1 aromatic rings. The molecule has 1 aromatic heterocycles. The molecule has 1 heterocycles. The summed E-state index contributed by atoms with van der Waals surface area (Å²) in [5.74, 6) is -0.132. The van der Waals surface area contributed by atoms with E-state index in [-0.39, 0.29) is 12.3 Å². The number of nitrogens with zero attached hydrogens (tertiary/aromatic N) is 1.